The summed E-state index contributed by atoms with van der Waals surface area (Å²) in [4.78, 5) is 17.4. The minimum absolute atomic E-state index is 0.170. The van der Waals surface area contributed by atoms with Crippen molar-refractivity contribution in [1.29, 1.82) is 0 Å². The van der Waals surface area contributed by atoms with Gasteiger partial charge in [0, 0.05) is 13.1 Å². The lowest BCUT2D eigenvalue weighted by molar-refractivity contribution is 0.0569. The van der Waals surface area contributed by atoms with Gasteiger partial charge in [-0.05, 0) is 20.8 Å². The molecule has 0 aromatic carbocycles. The smallest absolute Gasteiger partial charge is 0.324 e. The second-order valence-corrected chi connectivity index (χ2v) is 2.01. The molecule has 0 bridgehead atoms. The van der Waals surface area contributed by atoms with E-state index in [0.29, 0.717) is 19.7 Å². The Morgan fingerprint density at radius 3 is 2.27 bits per heavy atom. The van der Waals surface area contributed by atoms with Crippen molar-refractivity contribution in [2.45, 2.75) is 20.8 Å². The molecule has 0 heterocycles. The summed E-state index contributed by atoms with van der Waals surface area (Å²) in [5.41, 5.74) is 2.32. The minimum atomic E-state index is -0.170. The van der Waals surface area contributed by atoms with Crippen LogP contribution in [0.1, 0.15) is 20.8 Å². The number of carbonyl (C=O) groups excluding carboxylic acids is 1. The van der Waals surface area contributed by atoms with E-state index < -0.39 is 0 Å². The van der Waals surface area contributed by atoms with E-state index in [4.69, 9.17) is 4.84 Å². The summed E-state index contributed by atoms with van der Waals surface area (Å²) in [6, 6.07) is -0.170. The molecule has 2 amide bonds. The van der Waals surface area contributed by atoms with Crippen LogP contribution in [0.15, 0.2) is 0 Å². The first-order chi connectivity index (χ1) is 5.26. The molecule has 0 aromatic heterocycles. The van der Waals surface area contributed by atoms with Gasteiger partial charge in [0.05, 0.1) is 6.61 Å². The molecule has 0 saturated heterocycles. The van der Waals surface area contributed by atoms with Crippen molar-refractivity contribution < 1.29 is 9.63 Å². The maximum atomic E-state index is 11.1. The SMILES string of the molecule is CCONC(=O)N(CC)CC. The van der Waals surface area contributed by atoms with Crippen LogP contribution in [0.3, 0.4) is 0 Å². The van der Waals surface area contributed by atoms with E-state index in [0.717, 1.165) is 0 Å². The molecule has 1 N–H and O–H groups in total. The van der Waals surface area contributed by atoms with Crippen LogP contribution in [0.25, 0.3) is 0 Å². The fourth-order valence-electron chi connectivity index (χ4n) is 0.709. The van der Waals surface area contributed by atoms with Crippen molar-refractivity contribution in [1.82, 2.24) is 10.4 Å². The first kappa shape index (κ1) is 10.2. The molecular weight excluding hydrogens is 144 g/mol. The summed E-state index contributed by atoms with van der Waals surface area (Å²) in [7, 11) is 0. The molecule has 0 aliphatic heterocycles. The van der Waals surface area contributed by atoms with Crippen LogP contribution >= 0.6 is 0 Å². The van der Waals surface area contributed by atoms with Gasteiger partial charge in [0.15, 0.2) is 0 Å². The Kier molecular flexibility index (Phi) is 5.56. The first-order valence-electron chi connectivity index (χ1n) is 3.92. The molecule has 0 spiro atoms. The number of hydroxylamine groups is 1. The largest absolute Gasteiger partial charge is 0.341 e. The normalized spacial score (nSPS) is 9.36. The number of hydrogen-bond donors (Lipinski definition) is 1. The Balaban J connectivity index is 3.61. The zero-order valence-electron chi connectivity index (χ0n) is 7.39. The summed E-state index contributed by atoms with van der Waals surface area (Å²) >= 11 is 0. The molecule has 4 heteroatoms. The molecule has 66 valence electrons. The van der Waals surface area contributed by atoms with Crippen molar-refractivity contribution in [2.24, 2.45) is 0 Å². The van der Waals surface area contributed by atoms with Gasteiger partial charge in [-0.15, -0.1) is 0 Å². The highest BCUT2D eigenvalue weighted by atomic mass is 16.7. The van der Waals surface area contributed by atoms with Gasteiger partial charge in [0.25, 0.3) is 0 Å². The Morgan fingerprint density at radius 1 is 1.36 bits per heavy atom. The van der Waals surface area contributed by atoms with Crippen molar-refractivity contribution >= 4 is 6.03 Å². The van der Waals surface area contributed by atoms with Gasteiger partial charge >= 0.3 is 6.03 Å². The topological polar surface area (TPSA) is 41.6 Å². The van der Waals surface area contributed by atoms with Crippen LogP contribution in [0, 0.1) is 0 Å². The van der Waals surface area contributed by atoms with Gasteiger partial charge < -0.3 is 4.90 Å². The van der Waals surface area contributed by atoms with E-state index in [1.807, 2.05) is 20.8 Å². The Morgan fingerprint density at radius 2 is 1.91 bits per heavy atom. The Hall–Kier alpha value is -0.770. The number of carbonyl (C=O) groups is 1. The van der Waals surface area contributed by atoms with Crippen LogP contribution in [0.4, 0.5) is 4.79 Å². The Bertz CT molecular complexity index is 113. The lowest BCUT2D eigenvalue weighted by Gasteiger charge is -2.18. The van der Waals surface area contributed by atoms with Crippen LogP contribution < -0.4 is 5.48 Å². The monoisotopic (exact) mass is 160 g/mol. The second kappa shape index (κ2) is 5.97. The van der Waals surface area contributed by atoms with Crippen LogP contribution in [0.5, 0.6) is 0 Å². The summed E-state index contributed by atoms with van der Waals surface area (Å²) in [5.74, 6) is 0. The highest BCUT2D eigenvalue weighted by Gasteiger charge is 2.06. The van der Waals surface area contributed by atoms with E-state index in [9.17, 15) is 4.79 Å². The van der Waals surface area contributed by atoms with Crippen LogP contribution in [-0.2, 0) is 4.84 Å². The van der Waals surface area contributed by atoms with E-state index in [-0.39, 0.29) is 6.03 Å². The third-order valence-corrected chi connectivity index (χ3v) is 1.35. The molecule has 0 aliphatic carbocycles. The molecular formula is C7H16N2O2. The van der Waals surface area contributed by atoms with Crippen molar-refractivity contribution in [2.75, 3.05) is 19.7 Å². The molecule has 0 unspecified atom stereocenters. The first-order valence-corrected chi connectivity index (χ1v) is 3.92. The van der Waals surface area contributed by atoms with E-state index in [1.165, 1.54) is 0 Å². The van der Waals surface area contributed by atoms with Crippen molar-refractivity contribution in [3.05, 3.63) is 0 Å². The maximum absolute atomic E-state index is 11.1. The molecule has 0 rings (SSSR count). The van der Waals surface area contributed by atoms with Crippen molar-refractivity contribution in [3.63, 3.8) is 0 Å². The number of hydrogen-bond acceptors (Lipinski definition) is 2. The van der Waals surface area contributed by atoms with E-state index in [1.54, 1.807) is 4.90 Å². The predicted octanol–water partition coefficient (Wildman–Crippen LogP) is 0.989. The number of nitrogens with zero attached hydrogens (tertiary/aromatic N) is 1. The maximum Gasteiger partial charge on any atom is 0.341 e. The highest BCUT2D eigenvalue weighted by molar-refractivity contribution is 5.72. The summed E-state index contributed by atoms with van der Waals surface area (Å²) in [5, 5.41) is 0. The average molecular weight is 160 g/mol. The average Bonchev–Trinajstić information content (AvgIpc) is 2.03. The zero-order chi connectivity index (χ0) is 8.69. The molecule has 11 heavy (non-hydrogen) atoms. The standard InChI is InChI=1S/C7H16N2O2/c1-4-9(5-2)7(10)8-11-6-3/h4-6H2,1-3H3,(H,8,10). The third-order valence-electron chi connectivity index (χ3n) is 1.35. The molecule has 0 aromatic rings. The van der Waals surface area contributed by atoms with Gasteiger partial charge in [-0.25, -0.2) is 10.3 Å². The number of nitrogens with one attached hydrogen (secondary N) is 1. The minimum Gasteiger partial charge on any atom is -0.324 e. The summed E-state index contributed by atoms with van der Waals surface area (Å²) in [6.07, 6.45) is 0. The molecule has 0 aliphatic rings. The fraction of sp³-hybridized carbons (Fsp3) is 0.857. The number of urea groups is 1. The quantitative estimate of drug-likeness (QED) is 0.623. The fourth-order valence-corrected chi connectivity index (χ4v) is 0.709. The predicted molar refractivity (Wildman–Crippen MR) is 43.1 cm³/mol. The molecule has 0 atom stereocenters. The number of rotatable bonds is 4. The third kappa shape index (κ3) is 3.83. The zero-order valence-corrected chi connectivity index (χ0v) is 7.39. The lowest BCUT2D eigenvalue weighted by atomic mass is 10.5. The number of amides is 2. The van der Waals surface area contributed by atoms with E-state index in [2.05, 4.69) is 5.48 Å². The van der Waals surface area contributed by atoms with Gasteiger partial charge in [-0.2, -0.15) is 0 Å². The lowest BCUT2D eigenvalue weighted by Crippen LogP contribution is -2.39. The van der Waals surface area contributed by atoms with Gasteiger partial charge in [-0.1, -0.05) is 0 Å². The summed E-state index contributed by atoms with van der Waals surface area (Å²) < 4.78 is 0. The second-order valence-electron chi connectivity index (χ2n) is 2.01. The van der Waals surface area contributed by atoms with Crippen molar-refractivity contribution in [3.8, 4) is 0 Å². The highest BCUT2D eigenvalue weighted by Crippen LogP contribution is 1.87. The van der Waals surface area contributed by atoms with Gasteiger partial charge in [-0.3, -0.25) is 4.84 Å². The molecule has 0 fully saturated rings. The molecule has 0 radical (unpaired) electrons. The van der Waals surface area contributed by atoms with E-state index >= 15 is 0 Å². The van der Waals surface area contributed by atoms with Gasteiger partial charge in [0.1, 0.15) is 0 Å². The van der Waals surface area contributed by atoms with Crippen LogP contribution in [-0.4, -0.2) is 30.6 Å². The summed E-state index contributed by atoms with van der Waals surface area (Å²) in [6.45, 7) is 7.57. The van der Waals surface area contributed by atoms with Gasteiger partial charge in [0.2, 0.25) is 0 Å². The molecule has 4 nitrogen and oxygen atoms in total. The van der Waals surface area contributed by atoms with Crippen LogP contribution in [0.2, 0.25) is 0 Å². The Labute approximate surface area is 67.5 Å². The molecule has 0 saturated carbocycles.